The maximum Gasteiger partial charge on any atom is 0.328 e. The number of carbonyl (C=O) groups is 4. The van der Waals surface area contributed by atoms with E-state index in [-0.39, 0.29) is 40.5 Å². The highest BCUT2D eigenvalue weighted by molar-refractivity contribution is 6.39. The zero-order chi connectivity index (χ0) is 26.1. The smallest absolute Gasteiger partial charge is 0.328 e. The summed E-state index contributed by atoms with van der Waals surface area (Å²) < 4.78 is 5.11. The molecule has 1 aliphatic rings. The number of nitrogens with one attached hydrogen (secondary N) is 3. The van der Waals surface area contributed by atoms with Gasteiger partial charge in [-0.1, -0.05) is 29.3 Å². The molecule has 0 spiro atoms. The van der Waals surface area contributed by atoms with Crippen molar-refractivity contribution >= 4 is 53.0 Å². The third-order valence-corrected chi connectivity index (χ3v) is 5.99. The van der Waals surface area contributed by atoms with Crippen molar-refractivity contribution in [3.63, 3.8) is 0 Å². The summed E-state index contributed by atoms with van der Waals surface area (Å²) in [5.74, 6) is -2.33. The fraction of sp³-hybridized carbons (Fsp3) is 0.280. The van der Waals surface area contributed by atoms with Crippen LogP contribution in [-0.4, -0.2) is 41.4 Å². The average Bonchev–Trinajstić information content (AvgIpc) is 3.37. The molecule has 1 atom stereocenters. The summed E-state index contributed by atoms with van der Waals surface area (Å²) in [7, 11) is 0. The highest BCUT2D eigenvalue weighted by Gasteiger charge is 2.25. The van der Waals surface area contributed by atoms with Crippen LogP contribution >= 0.6 is 23.2 Å². The Labute approximate surface area is 217 Å². The summed E-state index contributed by atoms with van der Waals surface area (Å²) in [5, 5.41) is 17.0. The largest absolute Gasteiger partial charge is 0.480 e. The van der Waals surface area contributed by atoms with Gasteiger partial charge in [0.25, 0.3) is 5.91 Å². The Morgan fingerprint density at radius 3 is 2.44 bits per heavy atom. The lowest BCUT2D eigenvalue weighted by atomic mass is 9.99. The molecular weight excluding hydrogens is 509 g/mol. The third kappa shape index (κ3) is 7.73. The van der Waals surface area contributed by atoms with Crippen LogP contribution in [0.15, 0.2) is 52.7 Å². The van der Waals surface area contributed by atoms with Gasteiger partial charge in [0.2, 0.25) is 11.8 Å². The Morgan fingerprint density at radius 2 is 1.83 bits per heavy atom. The first kappa shape index (κ1) is 27.0. The van der Waals surface area contributed by atoms with Crippen molar-refractivity contribution in [1.29, 1.82) is 0 Å². The normalized spacial score (nSPS) is 14.1. The van der Waals surface area contributed by atoms with Gasteiger partial charge in [-0.3, -0.25) is 14.4 Å². The Balaban J connectivity index is 1.59. The van der Waals surface area contributed by atoms with Gasteiger partial charge in [-0.05, 0) is 61.6 Å². The zero-order valence-electron chi connectivity index (χ0n) is 19.2. The fourth-order valence-corrected chi connectivity index (χ4v) is 4.22. The van der Waals surface area contributed by atoms with Crippen molar-refractivity contribution in [2.45, 2.75) is 38.3 Å². The van der Waals surface area contributed by atoms with Gasteiger partial charge < -0.3 is 25.5 Å². The van der Waals surface area contributed by atoms with Crippen molar-refractivity contribution in [2.24, 2.45) is 0 Å². The van der Waals surface area contributed by atoms with Crippen LogP contribution in [0.5, 0.6) is 0 Å². The molecule has 1 aliphatic carbocycles. The number of carboxylic acid groups (broad SMARTS) is 1. The molecule has 0 fully saturated rings. The van der Waals surface area contributed by atoms with E-state index >= 15 is 0 Å². The second-order valence-corrected chi connectivity index (χ2v) is 8.86. The predicted molar refractivity (Wildman–Crippen MR) is 135 cm³/mol. The molecule has 2 aromatic rings. The average molecular weight is 534 g/mol. The molecular formula is C25H25Cl2N3O6. The highest BCUT2D eigenvalue weighted by atomic mass is 35.5. The summed E-state index contributed by atoms with van der Waals surface area (Å²) >= 11 is 12.5. The number of furan rings is 1. The number of benzene rings is 1. The second kappa shape index (κ2) is 12.9. The van der Waals surface area contributed by atoms with Crippen LogP contribution in [0.4, 0.5) is 0 Å². The monoisotopic (exact) mass is 533 g/mol. The van der Waals surface area contributed by atoms with Gasteiger partial charge in [0.15, 0.2) is 0 Å². The Kier molecular flexibility index (Phi) is 9.72. The number of rotatable bonds is 10. The molecule has 0 saturated heterocycles. The second-order valence-electron chi connectivity index (χ2n) is 8.05. The number of allylic oxidation sites excluding steroid dienone is 1. The van der Waals surface area contributed by atoms with Crippen LogP contribution in [0, 0.1) is 0 Å². The zero-order valence-corrected chi connectivity index (χ0v) is 20.7. The molecule has 3 amide bonds. The maximum atomic E-state index is 12.8. The van der Waals surface area contributed by atoms with Crippen molar-refractivity contribution in [1.82, 2.24) is 16.0 Å². The molecule has 0 radical (unpaired) electrons. The van der Waals surface area contributed by atoms with E-state index in [0.717, 1.165) is 19.3 Å². The Bertz CT molecular complexity index is 1170. The maximum absolute atomic E-state index is 12.8. The summed E-state index contributed by atoms with van der Waals surface area (Å²) in [5.41, 5.74) is 1.03. The van der Waals surface area contributed by atoms with Crippen LogP contribution in [0.3, 0.4) is 0 Å². The minimum absolute atomic E-state index is 0.0177. The van der Waals surface area contributed by atoms with Gasteiger partial charge in [0.05, 0.1) is 21.9 Å². The molecule has 1 aromatic carbocycles. The summed E-state index contributed by atoms with van der Waals surface area (Å²) in [6, 6.07) is 4.91. The Hall–Kier alpha value is -3.56. The van der Waals surface area contributed by atoms with E-state index in [0.29, 0.717) is 23.3 Å². The first-order chi connectivity index (χ1) is 17.2. The van der Waals surface area contributed by atoms with E-state index in [4.69, 9.17) is 27.6 Å². The van der Waals surface area contributed by atoms with Crippen LogP contribution in [0.25, 0.3) is 6.08 Å². The minimum atomic E-state index is -1.39. The van der Waals surface area contributed by atoms with Crippen molar-refractivity contribution in [2.75, 3.05) is 6.54 Å². The van der Waals surface area contributed by atoms with Crippen molar-refractivity contribution in [3.05, 3.63) is 75.2 Å². The van der Waals surface area contributed by atoms with Gasteiger partial charge in [-0.15, -0.1) is 0 Å². The van der Waals surface area contributed by atoms with Gasteiger partial charge in [-0.25, -0.2) is 4.79 Å². The summed E-state index contributed by atoms with van der Waals surface area (Å²) in [6.45, 7) is -0.218. The molecule has 190 valence electrons. The first-order valence-corrected chi connectivity index (χ1v) is 12.0. The molecule has 0 bridgehead atoms. The van der Waals surface area contributed by atoms with Gasteiger partial charge in [0.1, 0.15) is 11.8 Å². The fourth-order valence-electron chi connectivity index (χ4n) is 3.52. The van der Waals surface area contributed by atoms with E-state index < -0.39 is 17.9 Å². The van der Waals surface area contributed by atoms with Gasteiger partial charge in [-0.2, -0.15) is 0 Å². The quantitative estimate of drug-likeness (QED) is 0.343. The molecule has 9 nitrogen and oxygen atoms in total. The number of carbonyl (C=O) groups excluding carboxylic acids is 3. The molecule has 1 aromatic heterocycles. The first-order valence-electron chi connectivity index (χ1n) is 11.2. The van der Waals surface area contributed by atoms with E-state index in [1.165, 1.54) is 30.5 Å². The van der Waals surface area contributed by atoms with Crippen LogP contribution in [0.1, 0.15) is 47.4 Å². The number of hydrogen-bond donors (Lipinski definition) is 4. The molecule has 3 rings (SSSR count). The molecule has 0 unspecified atom stereocenters. The van der Waals surface area contributed by atoms with Crippen molar-refractivity contribution < 1.29 is 28.7 Å². The van der Waals surface area contributed by atoms with Crippen molar-refractivity contribution in [3.8, 4) is 0 Å². The molecule has 0 aliphatic heterocycles. The SMILES string of the molecule is O=C(/C=C/c1ccco1)NCc1cc(Cl)c(C(=O)N[C@@H](CNC(=O)C2=CCCCC2)C(=O)O)c(Cl)c1. The highest BCUT2D eigenvalue weighted by Crippen LogP contribution is 2.27. The van der Waals surface area contributed by atoms with E-state index in [9.17, 15) is 24.3 Å². The van der Waals surface area contributed by atoms with E-state index in [2.05, 4.69) is 16.0 Å². The molecule has 0 saturated carbocycles. The van der Waals surface area contributed by atoms with Gasteiger partial charge >= 0.3 is 5.97 Å². The molecule has 11 heteroatoms. The topological polar surface area (TPSA) is 138 Å². The van der Waals surface area contributed by atoms with E-state index in [1.807, 2.05) is 6.08 Å². The number of halogens is 2. The van der Waals surface area contributed by atoms with Crippen LogP contribution in [0.2, 0.25) is 10.0 Å². The minimum Gasteiger partial charge on any atom is -0.480 e. The molecule has 1 heterocycles. The number of carboxylic acids is 1. The summed E-state index contributed by atoms with van der Waals surface area (Å²) in [4.78, 5) is 48.7. The number of hydrogen-bond acceptors (Lipinski definition) is 5. The molecule has 4 N–H and O–H groups in total. The lowest BCUT2D eigenvalue weighted by molar-refractivity contribution is -0.139. The van der Waals surface area contributed by atoms with Gasteiger partial charge in [0, 0.05) is 24.7 Å². The van der Waals surface area contributed by atoms with Crippen LogP contribution < -0.4 is 16.0 Å². The molecule has 36 heavy (non-hydrogen) atoms. The van der Waals surface area contributed by atoms with Crippen LogP contribution in [-0.2, 0) is 20.9 Å². The van der Waals surface area contributed by atoms with E-state index in [1.54, 1.807) is 12.1 Å². The Morgan fingerprint density at radius 1 is 1.08 bits per heavy atom. The number of aliphatic carboxylic acids is 1. The predicted octanol–water partition coefficient (Wildman–Crippen LogP) is 3.72. The number of amides is 3. The lowest BCUT2D eigenvalue weighted by Crippen LogP contribution is -2.48. The summed E-state index contributed by atoms with van der Waals surface area (Å²) in [6.07, 6.45) is 9.50. The third-order valence-electron chi connectivity index (χ3n) is 5.39. The lowest BCUT2D eigenvalue weighted by Gasteiger charge is -2.18. The standard InChI is InChI=1S/C25H25Cl2N3O6/c26-18-11-15(13-28-21(31)9-8-17-7-4-10-36-17)12-19(27)22(18)24(33)30-20(25(34)35)14-29-23(32)16-5-2-1-3-6-16/h4-5,7-12,20H,1-3,6,13-14H2,(H,28,31)(H,29,32)(H,30,33)(H,34,35)/b9-8+/t20-/m0/s1.